The van der Waals surface area contributed by atoms with Crippen LogP contribution in [0.25, 0.3) is 0 Å². The second-order valence-corrected chi connectivity index (χ2v) is 6.06. The number of phenolic OH excluding ortho intramolecular Hbond substituents is 1. The van der Waals surface area contributed by atoms with Crippen molar-refractivity contribution in [2.75, 3.05) is 38.2 Å². The van der Waals surface area contributed by atoms with Crippen molar-refractivity contribution >= 4 is 34.5 Å². The summed E-state index contributed by atoms with van der Waals surface area (Å²) in [5, 5.41) is 13.3. The van der Waals surface area contributed by atoms with Crippen LogP contribution in [0, 0.1) is 0 Å². The van der Waals surface area contributed by atoms with Crippen LogP contribution in [0.3, 0.4) is 0 Å². The van der Waals surface area contributed by atoms with Crippen molar-refractivity contribution in [2.24, 2.45) is 8.80 Å². The van der Waals surface area contributed by atoms with E-state index in [4.69, 9.17) is 9.47 Å². The van der Waals surface area contributed by atoms with E-state index in [1.807, 2.05) is 0 Å². The van der Waals surface area contributed by atoms with Crippen molar-refractivity contribution in [3.05, 3.63) is 23.8 Å². The Morgan fingerprint density at radius 2 is 2.16 bits per heavy atom. The van der Waals surface area contributed by atoms with Crippen molar-refractivity contribution in [1.29, 1.82) is 0 Å². The van der Waals surface area contributed by atoms with E-state index in [9.17, 15) is 14.1 Å². The highest BCUT2D eigenvalue weighted by molar-refractivity contribution is 7.83. The lowest BCUT2D eigenvalue weighted by molar-refractivity contribution is 0.0301. The van der Waals surface area contributed by atoms with Gasteiger partial charge in [0.1, 0.15) is 0 Å². The van der Waals surface area contributed by atoms with E-state index in [-0.39, 0.29) is 34.6 Å². The molecule has 10 heteroatoms. The molecule has 1 amide bonds. The van der Waals surface area contributed by atoms with E-state index in [0.29, 0.717) is 32.9 Å². The molecule has 2 aliphatic heterocycles. The molecule has 1 atom stereocenters. The number of carbonyl (C=O) groups is 1. The summed E-state index contributed by atoms with van der Waals surface area (Å²) >= 11 is -1.76. The first kappa shape index (κ1) is 17.4. The summed E-state index contributed by atoms with van der Waals surface area (Å²) in [6.45, 7) is 3.99. The number of para-hydroxylation sites is 1. The maximum absolute atomic E-state index is 12.6. The number of rotatable bonds is 3. The summed E-state index contributed by atoms with van der Waals surface area (Å²) in [5.74, 6) is -0.244. The molecule has 1 saturated heterocycles. The van der Waals surface area contributed by atoms with Crippen LogP contribution in [0.1, 0.15) is 17.3 Å². The second kappa shape index (κ2) is 7.62. The minimum absolute atomic E-state index is 0.102. The Labute approximate surface area is 147 Å². The number of benzene rings is 1. The van der Waals surface area contributed by atoms with Gasteiger partial charge in [-0.1, -0.05) is 6.07 Å². The lowest BCUT2D eigenvalue weighted by Crippen LogP contribution is -2.40. The number of anilines is 1. The number of carbonyl (C=O) groups excluding carboxylic acids is 1. The molecule has 25 heavy (non-hydrogen) atoms. The fourth-order valence-corrected chi connectivity index (χ4v) is 3.04. The van der Waals surface area contributed by atoms with E-state index >= 15 is 0 Å². The molecular formula is C15H18N4O5S. The summed E-state index contributed by atoms with van der Waals surface area (Å²) in [4.78, 5) is 14.2. The SMILES string of the molecule is CCOC1=NS(=O)N=C1Nc1cccc(C(=O)N2CCOCC2)c1O. The number of hydrogen-bond acceptors (Lipinski definition) is 6. The van der Waals surface area contributed by atoms with Crippen LogP contribution in [-0.2, 0) is 20.6 Å². The van der Waals surface area contributed by atoms with Gasteiger partial charge in [0.15, 0.2) is 5.75 Å². The molecule has 0 aromatic heterocycles. The highest BCUT2D eigenvalue weighted by Crippen LogP contribution is 2.29. The Morgan fingerprint density at radius 1 is 1.40 bits per heavy atom. The van der Waals surface area contributed by atoms with Crippen LogP contribution in [0.2, 0.25) is 0 Å². The lowest BCUT2D eigenvalue weighted by Gasteiger charge is -2.27. The average molecular weight is 366 g/mol. The Hall–Kier alpha value is -2.46. The maximum atomic E-state index is 12.6. The van der Waals surface area contributed by atoms with Crippen LogP contribution < -0.4 is 5.32 Å². The number of phenols is 1. The van der Waals surface area contributed by atoms with E-state index in [2.05, 4.69) is 14.1 Å². The van der Waals surface area contributed by atoms with Gasteiger partial charge in [-0.05, 0) is 19.1 Å². The molecule has 2 N–H and O–H groups in total. The standard InChI is InChI=1S/C15H18N4O5S/c1-2-24-14-13(17-25(22)18-14)16-11-5-3-4-10(12(11)20)15(21)19-6-8-23-9-7-19/h3-5,20H,2,6-9H2,1H3,(H,16,17). The molecule has 1 aromatic carbocycles. The van der Waals surface area contributed by atoms with Crippen molar-refractivity contribution in [2.45, 2.75) is 6.92 Å². The van der Waals surface area contributed by atoms with Gasteiger partial charge in [-0.25, -0.2) is 4.21 Å². The van der Waals surface area contributed by atoms with Gasteiger partial charge in [0, 0.05) is 13.1 Å². The number of amides is 1. The van der Waals surface area contributed by atoms with Crippen molar-refractivity contribution in [3.63, 3.8) is 0 Å². The summed E-state index contributed by atoms with van der Waals surface area (Å²) in [6, 6.07) is 4.77. The maximum Gasteiger partial charge on any atom is 0.271 e. The molecular weight excluding hydrogens is 348 g/mol. The van der Waals surface area contributed by atoms with Crippen molar-refractivity contribution in [1.82, 2.24) is 4.90 Å². The monoisotopic (exact) mass is 366 g/mol. The number of aromatic hydroxyl groups is 1. The number of hydrogen-bond donors (Lipinski definition) is 2. The third-order valence-electron chi connectivity index (χ3n) is 3.63. The molecule has 9 nitrogen and oxygen atoms in total. The lowest BCUT2D eigenvalue weighted by atomic mass is 10.1. The Bertz CT molecular complexity index is 758. The number of morpholine rings is 1. The molecule has 1 unspecified atom stereocenters. The molecule has 2 aliphatic rings. The largest absolute Gasteiger partial charge is 0.505 e. The van der Waals surface area contributed by atoms with Crippen LogP contribution >= 0.6 is 0 Å². The first-order valence-electron chi connectivity index (χ1n) is 7.78. The minimum Gasteiger partial charge on any atom is -0.505 e. The predicted molar refractivity (Wildman–Crippen MR) is 93.1 cm³/mol. The summed E-state index contributed by atoms with van der Waals surface area (Å²) < 4.78 is 29.5. The Kier molecular flexibility index (Phi) is 5.29. The smallest absolute Gasteiger partial charge is 0.271 e. The van der Waals surface area contributed by atoms with E-state index in [1.165, 1.54) is 0 Å². The molecule has 1 aromatic rings. The molecule has 0 saturated carbocycles. The molecule has 134 valence electrons. The Balaban J connectivity index is 1.82. The summed E-state index contributed by atoms with van der Waals surface area (Å²) in [7, 11) is 0. The van der Waals surface area contributed by atoms with Crippen molar-refractivity contribution in [3.8, 4) is 5.75 Å². The quantitative estimate of drug-likeness (QED) is 0.762. The summed E-state index contributed by atoms with van der Waals surface area (Å²) in [6.07, 6.45) is 0. The summed E-state index contributed by atoms with van der Waals surface area (Å²) in [5.41, 5.74) is 0.422. The fourth-order valence-electron chi connectivity index (χ4n) is 2.44. The highest BCUT2D eigenvalue weighted by Gasteiger charge is 2.25. The first-order chi connectivity index (χ1) is 12.1. The fraction of sp³-hybridized carbons (Fsp3) is 0.400. The first-order valence-corrected chi connectivity index (χ1v) is 8.85. The molecule has 0 radical (unpaired) electrons. The van der Waals surface area contributed by atoms with E-state index in [1.54, 1.807) is 30.0 Å². The molecule has 2 heterocycles. The molecule has 3 rings (SSSR count). The normalized spacial score (nSPS) is 20.0. The van der Waals surface area contributed by atoms with Gasteiger partial charge in [-0.15, -0.1) is 8.80 Å². The van der Waals surface area contributed by atoms with Crippen LogP contribution in [-0.4, -0.2) is 64.8 Å². The average Bonchev–Trinajstić information content (AvgIpc) is 2.96. The predicted octanol–water partition coefficient (Wildman–Crippen LogP) is 0.702. The topological polar surface area (TPSA) is 113 Å². The van der Waals surface area contributed by atoms with Gasteiger partial charge in [0.2, 0.25) is 5.84 Å². The van der Waals surface area contributed by atoms with Crippen molar-refractivity contribution < 1.29 is 23.6 Å². The van der Waals surface area contributed by atoms with E-state index < -0.39 is 11.2 Å². The molecule has 0 bridgehead atoms. The minimum atomic E-state index is -1.76. The zero-order valence-corrected chi connectivity index (χ0v) is 14.4. The zero-order valence-electron chi connectivity index (χ0n) is 13.6. The number of amidine groups is 1. The third kappa shape index (κ3) is 3.80. The van der Waals surface area contributed by atoms with Gasteiger partial charge in [0.05, 0.1) is 31.1 Å². The van der Waals surface area contributed by atoms with Gasteiger partial charge in [-0.2, -0.15) is 0 Å². The molecule has 0 aliphatic carbocycles. The van der Waals surface area contributed by atoms with Crippen LogP contribution in [0.15, 0.2) is 27.0 Å². The highest BCUT2D eigenvalue weighted by atomic mass is 32.2. The van der Waals surface area contributed by atoms with Gasteiger partial charge in [0.25, 0.3) is 23.0 Å². The number of ether oxygens (including phenoxy) is 2. The van der Waals surface area contributed by atoms with Crippen LogP contribution in [0.5, 0.6) is 5.75 Å². The second-order valence-electron chi connectivity index (χ2n) is 5.23. The Morgan fingerprint density at radius 3 is 2.88 bits per heavy atom. The van der Waals surface area contributed by atoms with E-state index in [0.717, 1.165) is 0 Å². The van der Waals surface area contributed by atoms with Gasteiger partial charge >= 0.3 is 0 Å². The third-order valence-corrected chi connectivity index (χ3v) is 4.29. The van der Waals surface area contributed by atoms with Gasteiger partial charge < -0.3 is 24.8 Å². The number of nitrogens with zero attached hydrogens (tertiary/aromatic N) is 3. The molecule has 1 fully saturated rings. The van der Waals surface area contributed by atoms with Gasteiger partial charge in [-0.3, -0.25) is 4.79 Å². The van der Waals surface area contributed by atoms with Crippen LogP contribution in [0.4, 0.5) is 5.69 Å². The zero-order chi connectivity index (χ0) is 17.8. The number of nitrogens with one attached hydrogen (secondary N) is 1. The molecule has 0 spiro atoms.